The molecule has 0 unspecified atom stereocenters. The second-order valence-corrected chi connectivity index (χ2v) is 5.62. The highest BCUT2D eigenvalue weighted by atomic mass is 16.5. The summed E-state index contributed by atoms with van der Waals surface area (Å²) in [5, 5.41) is 10.4. The van der Waals surface area contributed by atoms with E-state index in [1.165, 1.54) is 0 Å². The monoisotopic (exact) mass is 340 g/mol. The number of aromatic nitrogens is 2. The number of para-hydroxylation sites is 1. The maximum atomic E-state index is 12.7. The van der Waals surface area contributed by atoms with Gasteiger partial charge < -0.3 is 14.4 Å². The molecule has 0 aliphatic rings. The zero-order valence-corrected chi connectivity index (χ0v) is 13.8. The van der Waals surface area contributed by atoms with Crippen LogP contribution in [0.25, 0.3) is 21.8 Å². The first-order chi connectivity index (χ1) is 11.9. The Balaban J connectivity index is 2.33. The van der Waals surface area contributed by atoms with Gasteiger partial charge in [0.15, 0.2) is 0 Å². The Hall–Kier alpha value is -3.22. The number of carbonyl (C=O) groups excluding carboxylic acids is 1. The van der Waals surface area contributed by atoms with Gasteiger partial charge in [0.2, 0.25) is 0 Å². The van der Waals surface area contributed by atoms with Crippen molar-refractivity contribution >= 4 is 33.7 Å². The maximum Gasteiger partial charge on any atom is 0.339 e. The number of hydrogen-bond donors (Lipinski definition) is 1. The summed E-state index contributed by atoms with van der Waals surface area (Å²) in [6.45, 7) is 3.35. The number of fused-ring (bicyclic) bond motifs is 2. The third kappa shape index (κ3) is 2.96. The maximum absolute atomic E-state index is 12.7. The molecule has 3 rings (SSSR count). The number of carboxylic acids is 1. The molecule has 0 fully saturated rings. The first-order valence-corrected chi connectivity index (χ1v) is 7.74. The smallest absolute Gasteiger partial charge is 0.339 e. The van der Waals surface area contributed by atoms with Crippen LogP contribution >= 0.6 is 0 Å². The lowest BCUT2D eigenvalue weighted by molar-refractivity contribution is -0.143. The molecule has 1 N–H and O–H groups in total. The van der Waals surface area contributed by atoms with E-state index in [-0.39, 0.29) is 29.6 Å². The summed E-state index contributed by atoms with van der Waals surface area (Å²) in [5.74, 6) is -1.83. The van der Waals surface area contributed by atoms with Gasteiger partial charge in [-0.25, -0.2) is 9.78 Å². The van der Waals surface area contributed by atoms with Crippen LogP contribution in [-0.2, 0) is 16.1 Å². The van der Waals surface area contributed by atoms with Gasteiger partial charge >= 0.3 is 11.9 Å². The summed E-state index contributed by atoms with van der Waals surface area (Å²) in [4.78, 5) is 40.4. The van der Waals surface area contributed by atoms with Crippen molar-refractivity contribution in [3.63, 3.8) is 0 Å². The summed E-state index contributed by atoms with van der Waals surface area (Å²) in [6.07, 6.45) is 1.14. The number of pyridine rings is 2. The van der Waals surface area contributed by atoms with Crippen molar-refractivity contribution < 1.29 is 19.4 Å². The number of ether oxygens (including phenoxy) is 1. The van der Waals surface area contributed by atoms with E-state index in [4.69, 9.17) is 4.74 Å². The van der Waals surface area contributed by atoms with Crippen molar-refractivity contribution in [2.24, 2.45) is 0 Å². The van der Waals surface area contributed by atoms with E-state index in [1.54, 1.807) is 19.1 Å². The van der Waals surface area contributed by atoms with E-state index in [1.807, 2.05) is 19.1 Å². The second-order valence-electron chi connectivity index (χ2n) is 5.62. The van der Waals surface area contributed by atoms with Gasteiger partial charge in [0.25, 0.3) is 5.56 Å². The summed E-state index contributed by atoms with van der Waals surface area (Å²) in [7, 11) is 0. The molecule has 0 saturated heterocycles. The van der Waals surface area contributed by atoms with Gasteiger partial charge in [-0.15, -0.1) is 0 Å². The van der Waals surface area contributed by atoms with Crippen LogP contribution in [0.3, 0.4) is 0 Å². The fraction of sp³-hybridized carbons (Fsp3) is 0.222. The number of nitrogens with zero attached hydrogens (tertiary/aromatic N) is 2. The molecule has 128 valence electrons. The van der Waals surface area contributed by atoms with Crippen LogP contribution in [0, 0.1) is 6.92 Å². The Kier molecular flexibility index (Phi) is 4.22. The molecule has 2 aromatic heterocycles. The van der Waals surface area contributed by atoms with E-state index in [2.05, 4.69) is 4.98 Å². The van der Waals surface area contributed by atoms with Crippen molar-refractivity contribution in [1.29, 1.82) is 0 Å². The van der Waals surface area contributed by atoms with Crippen molar-refractivity contribution in [3.05, 3.63) is 51.9 Å². The van der Waals surface area contributed by atoms with Crippen LogP contribution in [0.15, 0.2) is 35.3 Å². The average Bonchev–Trinajstić information content (AvgIpc) is 2.56. The number of aryl methyl sites for hydroxylation is 1. The summed E-state index contributed by atoms with van der Waals surface area (Å²) in [5.41, 5.74) is 1.01. The van der Waals surface area contributed by atoms with E-state index < -0.39 is 17.5 Å². The van der Waals surface area contributed by atoms with Gasteiger partial charge in [0.05, 0.1) is 23.0 Å². The Bertz CT molecular complexity index is 1070. The average molecular weight is 340 g/mol. The fourth-order valence-electron chi connectivity index (χ4n) is 2.77. The third-order valence-corrected chi connectivity index (χ3v) is 3.91. The van der Waals surface area contributed by atoms with E-state index in [0.29, 0.717) is 5.52 Å². The van der Waals surface area contributed by atoms with Crippen LogP contribution in [0.1, 0.15) is 22.8 Å². The number of hydrogen-bond acceptors (Lipinski definition) is 5. The first-order valence-electron chi connectivity index (χ1n) is 7.74. The van der Waals surface area contributed by atoms with Gasteiger partial charge in [0, 0.05) is 11.6 Å². The Morgan fingerprint density at radius 2 is 2.04 bits per heavy atom. The highest BCUT2D eigenvalue weighted by Crippen LogP contribution is 2.22. The molecular formula is C18H16N2O5. The predicted molar refractivity (Wildman–Crippen MR) is 91.8 cm³/mol. The summed E-state index contributed by atoms with van der Waals surface area (Å²) >= 11 is 0. The molecule has 0 aliphatic carbocycles. The molecular weight excluding hydrogens is 324 g/mol. The van der Waals surface area contributed by atoms with Crippen LogP contribution in [0.4, 0.5) is 0 Å². The molecule has 7 heteroatoms. The zero-order valence-electron chi connectivity index (χ0n) is 13.8. The fourth-order valence-corrected chi connectivity index (χ4v) is 2.77. The molecule has 1 aromatic carbocycles. The molecule has 2 heterocycles. The summed E-state index contributed by atoms with van der Waals surface area (Å²) < 4.78 is 5.89. The van der Waals surface area contributed by atoms with Gasteiger partial charge in [-0.05, 0) is 25.5 Å². The molecule has 25 heavy (non-hydrogen) atoms. The second kappa shape index (κ2) is 6.35. The Morgan fingerprint density at radius 3 is 2.72 bits per heavy atom. The lowest BCUT2D eigenvalue weighted by Gasteiger charge is -2.11. The van der Waals surface area contributed by atoms with Crippen LogP contribution in [0.2, 0.25) is 0 Å². The zero-order chi connectivity index (χ0) is 18.1. The molecule has 0 spiro atoms. The van der Waals surface area contributed by atoms with E-state index in [0.717, 1.165) is 21.7 Å². The van der Waals surface area contributed by atoms with Gasteiger partial charge in [-0.1, -0.05) is 18.2 Å². The van der Waals surface area contributed by atoms with Crippen molar-refractivity contribution in [3.8, 4) is 0 Å². The quantitative estimate of drug-likeness (QED) is 0.577. The molecule has 0 amide bonds. The van der Waals surface area contributed by atoms with Gasteiger partial charge in [-0.2, -0.15) is 0 Å². The highest BCUT2D eigenvalue weighted by molar-refractivity contribution is 6.04. The molecule has 0 saturated carbocycles. The normalized spacial score (nSPS) is 11.0. The lowest BCUT2D eigenvalue weighted by atomic mass is 10.1. The minimum atomic E-state index is -1.22. The largest absolute Gasteiger partial charge is 0.478 e. The minimum absolute atomic E-state index is 0.111. The SMILES string of the molecule is CCOC(=O)Cn1cc(C(=O)O)c2nc3c(C)cccc3cc2c1=O. The number of carbonyl (C=O) groups is 2. The minimum Gasteiger partial charge on any atom is -0.478 e. The molecule has 0 aliphatic heterocycles. The molecule has 3 aromatic rings. The van der Waals surface area contributed by atoms with Gasteiger partial charge in [-0.3, -0.25) is 9.59 Å². The van der Waals surface area contributed by atoms with E-state index >= 15 is 0 Å². The number of rotatable bonds is 4. The van der Waals surface area contributed by atoms with Crippen molar-refractivity contribution in [1.82, 2.24) is 9.55 Å². The number of benzene rings is 1. The number of esters is 1. The number of carboxylic acid groups (broad SMARTS) is 1. The topological polar surface area (TPSA) is 98.5 Å². The highest BCUT2D eigenvalue weighted by Gasteiger charge is 2.18. The van der Waals surface area contributed by atoms with Crippen LogP contribution in [0.5, 0.6) is 0 Å². The van der Waals surface area contributed by atoms with Crippen molar-refractivity contribution in [2.45, 2.75) is 20.4 Å². The Labute approximate surface area is 142 Å². The first kappa shape index (κ1) is 16.6. The Morgan fingerprint density at radius 1 is 1.28 bits per heavy atom. The summed E-state index contributed by atoms with van der Waals surface area (Å²) in [6, 6.07) is 7.12. The van der Waals surface area contributed by atoms with Gasteiger partial charge in [0.1, 0.15) is 12.1 Å². The molecule has 0 radical (unpaired) electrons. The molecule has 0 atom stereocenters. The van der Waals surface area contributed by atoms with Crippen LogP contribution in [-0.4, -0.2) is 33.2 Å². The predicted octanol–water partition coefficient (Wildman–Crippen LogP) is 2.12. The standard InChI is InChI=1S/C18H16N2O5/c1-3-25-14(21)9-20-8-13(18(23)24)16-12(17(20)22)7-11-6-4-5-10(2)15(11)19-16/h4-8H,3,9H2,1-2H3,(H,23,24). The van der Waals surface area contributed by atoms with E-state index in [9.17, 15) is 19.5 Å². The molecule has 0 bridgehead atoms. The van der Waals surface area contributed by atoms with Crippen LogP contribution < -0.4 is 5.56 Å². The number of aromatic carboxylic acids is 1. The van der Waals surface area contributed by atoms with Crippen molar-refractivity contribution in [2.75, 3.05) is 6.61 Å². The third-order valence-electron chi connectivity index (χ3n) is 3.91. The molecule has 7 nitrogen and oxygen atoms in total. The lowest BCUT2D eigenvalue weighted by Crippen LogP contribution is -2.27.